The molecule has 3 rings (SSSR count). The smallest absolute Gasteiger partial charge is 0.142 e. The molecule has 0 aliphatic carbocycles. The summed E-state index contributed by atoms with van der Waals surface area (Å²) in [7, 11) is 0. The van der Waals surface area contributed by atoms with E-state index in [2.05, 4.69) is 27.1 Å². The Labute approximate surface area is 144 Å². The van der Waals surface area contributed by atoms with Crippen LogP contribution in [-0.2, 0) is 0 Å². The first-order chi connectivity index (χ1) is 11.7. The van der Waals surface area contributed by atoms with Gasteiger partial charge in [0.2, 0.25) is 0 Å². The molecular formula is C19H26N4O. The highest BCUT2D eigenvalue weighted by Crippen LogP contribution is 2.29. The molecule has 1 aromatic carbocycles. The van der Waals surface area contributed by atoms with E-state index in [4.69, 9.17) is 4.74 Å². The van der Waals surface area contributed by atoms with Gasteiger partial charge in [-0.1, -0.05) is 19.1 Å². The summed E-state index contributed by atoms with van der Waals surface area (Å²) in [6, 6.07) is 9.97. The highest BCUT2D eigenvalue weighted by atomic mass is 16.5. The van der Waals surface area contributed by atoms with Gasteiger partial charge in [-0.3, -0.25) is 0 Å². The van der Waals surface area contributed by atoms with E-state index < -0.39 is 0 Å². The van der Waals surface area contributed by atoms with Crippen molar-refractivity contribution in [1.29, 1.82) is 0 Å². The second-order valence-corrected chi connectivity index (χ2v) is 6.38. The summed E-state index contributed by atoms with van der Waals surface area (Å²) in [6.07, 6.45) is 2.44. The number of anilines is 3. The average Bonchev–Trinajstić information content (AvgIpc) is 2.57. The predicted molar refractivity (Wildman–Crippen MR) is 98.3 cm³/mol. The van der Waals surface area contributed by atoms with Crippen molar-refractivity contribution in [3.05, 3.63) is 36.2 Å². The van der Waals surface area contributed by atoms with Crippen LogP contribution in [0.25, 0.3) is 0 Å². The Morgan fingerprint density at radius 1 is 1.21 bits per heavy atom. The molecule has 2 aromatic rings. The highest BCUT2D eigenvalue weighted by molar-refractivity contribution is 5.65. The largest absolute Gasteiger partial charge is 0.492 e. The summed E-state index contributed by atoms with van der Waals surface area (Å²) in [4.78, 5) is 11.5. The van der Waals surface area contributed by atoms with Gasteiger partial charge in [-0.05, 0) is 44.7 Å². The number of para-hydroxylation sites is 2. The number of hydrogen-bond donors (Lipinski definition) is 1. The van der Waals surface area contributed by atoms with Gasteiger partial charge in [0.15, 0.2) is 0 Å². The van der Waals surface area contributed by atoms with E-state index in [1.807, 2.05) is 44.2 Å². The molecule has 1 fully saturated rings. The lowest BCUT2D eigenvalue weighted by atomic mass is 9.99. The van der Waals surface area contributed by atoms with Crippen molar-refractivity contribution in [2.75, 3.05) is 29.9 Å². The van der Waals surface area contributed by atoms with Crippen LogP contribution >= 0.6 is 0 Å². The zero-order valence-electron chi connectivity index (χ0n) is 14.7. The number of ether oxygens (including phenoxy) is 1. The SMILES string of the molecule is CCOc1ccccc1Nc1cc(N2CCC(C)CC2)nc(C)n1. The first kappa shape index (κ1) is 16.6. The number of aryl methyl sites for hydroxylation is 1. The number of nitrogens with zero attached hydrogens (tertiary/aromatic N) is 3. The van der Waals surface area contributed by atoms with Gasteiger partial charge < -0.3 is 15.0 Å². The second kappa shape index (κ2) is 7.51. The van der Waals surface area contributed by atoms with Gasteiger partial charge in [0, 0.05) is 19.2 Å². The van der Waals surface area contributed by atoms with Crippen LogP contribution in [0.3, 0.4) is 0 Å². The van der Waals surface area contributed by atoms with Crippen molar-refractivity contribution in [3.8, 4) is 5.75 Å². The van der Waals surface area contributed by atoms with Crippen LogP contribution in [0.15, 0.2) is 30.3 Å². The average molecular weight is 326 g/mol. The van der Waals surface area contributed by atoms with Crippen LogP contribution in [0.5, 0.6) is 5.75 Å². The zero-order chi connectivity index (χ0) is 16.9. The first-order valence-corrected chi connectivity index (χ1v) is 8.75. The third kappa shape index (κ3) is 3.96. The van der Waals surface area contributed by atoms with Crippen LogP contribution in [0, 0.1) is 12.8 Å². The second-order valence-electron chi connectivity index (χ2n) is 6.38. The molecular weight excluding hydrogens is 300 g/mol. The minimum absolute atomic E-state index is 0.638. The monoisotopic (exact) mass is 326 g/mol. The third-order valence-electron chi connectivity index (χ3n) is 4.38. The van der Waals surface area contributed by atoms with Gasteiger partial charge in [-0.25, -0.2) is 9.97 Å². The first-order valence-electron chi connectivity index (χ1n) is 8.75. The fourth-order valence-electron chi connectivity index (χ4n) is 3.00. The Bertz CT molecular complexity index is 681. The van der Waals surface area contributed by atoms with Crippen LogP contribution in [0.4, 0.5) is 17.3 Å². The predicted octanol–water partition coefficient (Wildman–Crippen LogP) is 4.16. The molecule has 0 saturated carbocycles. The van der Waals surface area contributed by atoms with E-state index in [-0.39, 0.29) is 0 Å². The van der Waals surface area contributed by atoms with E-state index in [0.29, 0.717) is 6.61 Å². The molecule has 0 bridgehead atoms. The fraction of sp³-hybridized carbons (Fsp3) is 0.474. The minimum Gasteiger partial charge on any atom is -0.492 e. The fourth-order valence-corrected chi connectivity index (χ4v) is 3.00. The maximum Gasteiger partial charge on any atom is 0.142 e. The van der Waals surface area contributed by atoms with E-state index in [1.54, 1.807) is 0 Å². The molecule has 2 heterocycles. The quantitative estimate of drug-likeness (QED) is 0.894. The molecule has 0 unspecified atom stereocenters. The van der Waals surface area contributed by atoms with Gasteiger partial charge >= 0.3 is 0 Å². The van der Waals surface area contributed by atoms with Crippen LogP contribution in [0.1, 0.15) is 32.5 Å². The van der Waals surface area contributed by atoms with Crippen LogP contribution in [-0.4, -0.2) is 29.7 Å². The van der Waals surface area contributed by atoms with Crippen molar-refractivity contribution >= 4 is 17.3 Å². The number of aromatic nitrogens is 2. The lowest BCUT2D eigenvalue weighted by Crippen LogP contribution is -2.33. The number of rotatable bonds is 5. The minimum atomic E-state index is 0.638. The number of benzene rings is 1. The van der Waals surface area contributed by atoms with Gasteiger partial charge in [-0.2, -0.15) is 0 Å². The summed E-state index contributed by atoms with van der Waals surface area (Å²) < 4.78 is 5.68. The molecule has 5 heteroatoms. The lowest BCUT2D eigenvalue weighted by Gasteiger charge is -2.31. The van der Waals surface area contributed by atoms with E-state index >= 15 is 0 Å². The Morgan fingerprint density at radius 3 is 2.71 bits per heavy atom. The number of hydrogen-bond acceptors (Lipinski definition) is 5. The summed E-state index contributed by atoms with van der Waals surface area (Å²) in [5.74, 6) is 4.24. The van der Waals surface area contributed by atoms with Crippen LogP contribution in [0.2, 0.25) is 0 Å². The van der Waals surface area contributed by atoms with Crippen molar-refractivity contribution in [2.24, 2.45) is 5.92 Å². The van der Waals surface area contributed by atoms with Crippen LogP contribution < -0.4 is 15.0 Å². The zero-order valence-corrected chi connectivity index (χ0v) is 14.7. The normalized spacial score (nSPS) is 15.4. The van der Waals surface area contributed by atoms with Crippen molar-refractivity contribution < 1.29 is 4.74 Å². The van der Waals surface area contributed by atoms with Crippen molar-refractivity contribution in [3.63, 3.8) is 0 Å². The number of nitrogens with one attached hydrogen (secondary N) is 1. The molecule has 1 aliphatic rings. The maximum absolute atomic E-state index is 5.68. The van der Waals surface area contributed by atoms with Gasteiger partial charge in [0.25, 0.3) is 0 Å². The topological polar surface area (TPSA) is 50.3 Å². The summed E-state index contributed by atoms with van der Waals surface area (Å²) in [6.45, 7) is 9.01. The summed E-state index contributed by atoms with van der Waals surface area (Å²) >= 11 is 0. The Morgan fingerprint density at radius 2 is 1.96 bits per heavy atom. The Kier molecular flexibility index (Phi) is 5.18. The lowest BCUT2D eigenvalue weighted by molar-refractivity contribution is 0.342. The van der Waals surface area contributed by atoms with Gasteiger partial charge in [-0.15, -0.1) is 0 Å². The molecule has 0 spiro atoms. The van der Waals surface area contributed by atoms with E-state index in [9.17, 15) is 0 Å². The molecule has 0 amide bonds. The molecule has 0 radical (unpaired) electrons. The Balaban J connectivity index is 1.82. The summed E-state index contributed by atoms with van der Waals surface area (Å²) in [5, 5.41) is 3.38. The Hall–Kier alpha value is -2.30. The highest BCUT2D eigenvalue weighted by Gasteiger charge is 2.18. The number of piperidine rings is 1. The molecule has 1 N–H and O–H groups in total. The maximum atomic E-state index is 5.68. The van der Waals surface area contributed by atoms with Gasteiger partial charge in [0.05, 0.1) is 12.3 Å². The van der Waals surface area contributed by atoms with Gasteiger partial charge in [0.1, 0.15) is 23.2 Å². The van der Waals surface area contributed by atoms with Crippen molar-refractivity contribution in [2.45, 2.75) is 33.6 Å². The standard InChI is InChI=1S/C19H26N4O/c1-4-24-17-8-6-5-7-16(17)22-18-13-19(21-15(3)20-18)23-11-9-14(2)10-12-23/h5-8,13-14H,4,9-12H2,1-3H3,(H,20,21,22). The van der Waals surface area contributed by atoms with E-state index in [1.165, 1.54) is 12.8 Å². The molecule has 5 nitrogen and oxygen atoms in total. The molecule has 0 atom stereocenters. The molecule has 1 aliphatic heterocycles. The molecule has 1 aromatic heterocycles. The van der Waals surface area contributed by atoms with Crippen molar-refractivity contribution in [1.82, 2.24) is 9.97 Å². The molecule has 24 heavy (non-hydrogen) atoms. The summed E-state index contributed by atoms with van der Waals surface area (Å²) in [5.41, 5.74) is 0.927. The molecule has 1 saturated heterocycles. The third-order valence-corrected chi connectivity index (χ3v) is 4.38. The van der Waals surface area contributed by atoms with E-state index in [0.717, 1.165) is 47.9 Å². The molecule has 128 valence electrons.